The lowest BCUT2D eigenvalue weighted by atomic mass is 9.93. The van der Waals surface area contributed by atoms with Gasteiger partial charge in [-0.25, -0.2) is 23.0 Å². The zero-order chi connectivity index (χ0) is 37.0. The van der Waals surface area contributed by atoms with E-state index in [-0.39, 0.29) is 18.1 Å². The van der Waals surface area contributed by atoms with Crippen molar-refractivity contribution in [3.05, 3.63) is 47.8 Å². The van der Waals surface area contributed by atoms with Gasteiger partial charge < -0.3 is 34.5 Å². The number of imidazole rings is 1. The normalized spacial score (nSPS) is 18.7. The number of anilines is 3. The molecule has 0 radical (unpaired) electrons. The second-order valence-electron chi connectivity index (χ2n) is 13.4. The van der Waals surface area contributed by atoms with Crippen LogP contribution in [0, 0.1) is 5.21 Å². The van der Waals surface area contributed by atoms with Gasteiger partial charge in [-0.05, 0) is 52.8 Å². The molecule has 6 rings (SSSR count). The Hall–Kier alpha value is -4.81. The highest BCUT2D eigenvalue weighted by Crippen LogP contribution is 2.37. The van der Waals surface area contributed by atoms with Crippen molar-refractivity contribution >= 4 is 51.0 Å². The molecule has 1 saturated heterocycles. The van der Waals surface area contributed by atoms with E-state index < -0.39 is 16.1 Å². The van der Waals surface area contributed by atoms with Gasteiger partial charge in [-0.3, -0.25) is 14.0 Å². The molecule has 0 spiro atoms. The van der Waals surface area contributed by atoms with Gasteiger partial charge in [-0.1, -0.05) is 4.98 Å². The van der Waals surface area contributed by atoms with E-state index in [0.717, 1.165) is 44.3 Å². The lowest BCUT2D eigenvalue weighted by Gasteiger charge is -2.31. The third-order valence-electron chi connectivity index (χ3n) is 9.29. The molecule has 0 bridgehead atoms. The Bertz CT molecular complexity index is 1960. The fourth-order valence-corrected chi connectivity index (χ4v) is 7.73. The fourth-order valence-electron chi connectivity index (χ4n) is 6.57. The van der Waals surface area contributed by atoms with Crippen LogP contribution in [0.25, 0.3) is 10.9 Å². The predicted octanol–water partition coefficient (Wildman–Crippen LogP) is 3.10. The van der Waals surface area contributed by atoms with E-state index in [2.05, 4.69) is 31.9 Å². The Kier molecular flexibility index (Phi) is 11.3. The number of morpholine rings is 1. The van der Waals surface area contributed by atoms with Gasteiger partial charge in [0.15, 0.2) is 5.75 Å². The average Bonchev–Trinajstić information content (AvgIpc) is 3.51. The second-order valence-corrected chi connectivity index (χ2v) is 15.3. The van der Waals surface area contributed by atoms with Crippen LogP contribution < -0.4 is 24.0 Å². The molecule has 1 aliphatic carbocycles. The predicted molar refractivity (Wildman–Crippen MR) is 198 cm³/mol. The van der Waals surface area contributed by atoms with Crippen LogP contribution in [0.3, 0.4) is 0 Å². The third-order valence-corrected chi connectivity index (χ3v) is 10.5. The first kappa shape index (κ1) is 37.0. The van der Waals surface area contributed by atoms with E-state index in [9.17, 15) is 13.6 Å². The molecule has 1 atom stereocenters. The van der Waals surface area contributed by atoms with Crippen LogP contribution in [0.4, 0.5) is 23.4 Å². The van der Waals surface area contributed by atoms with E-state index in [1.165, 1.54) is 21.3 Å². The largest absolute Gasteiger partial charge is 0.741 e. The molecule has 17 nitrogen and oxygen atoms in total. The van der Waals surface area contributed by atoms with Crippen LogP contribution in [0.15, 0.2) is 36.9 Å². The summed E-state index contributed by atoms with van der Waals surface area (Å²) in [5.41, 5.74) is 1.45. The molecular weight excluding hydrogens is 691 g/mol. The molecule has 4 aromatic heterocycles. The highest BCUT2D eigenvalue weighted by atomic mass is 32.2. The molecule has 52 heavy (non-hydrogen) atoms. The molecule has 0 aromatic carbocycles. The highest BCUT2D eigenvalue weighted by Gasteiger charge is 2.32. The van der Waals surface area contributed by atoms with Crippen molar-refractivity contribution in [2.45, 2.75) is 50.8 Å². The van der Waals surface area contributed by atoms with Crippen LogP contribution in [0.5, 0.6) is 11.6 Å². The zero-order valence-corrected chi connectivity index (χ0v) is 31.1. The van der Waals surface area contributed by atoms with E-state index in [1.807, 2.05) is 25.1 Å². The number of aromatic nitrogens is 6. The number of rotatable bonds is 14. The van der Waals surface area contributed by atoms with Crippen molar-refractivity contribution in [3.8, 4) is 11.6 Å². The van der Waals surface area contributed by atoms with Crippen LogP contribution >= 0.6 is 0 Å². The van der Waals surface area contributed by atoms with Crippen LogP contribution in [-0.2, 0) is 21.8 Å². The molecular formula is C34H47N11O6S. The summed E-state index contributed by atoms with van der Waals surface area (Å²) in [6.07, 6.45) is 10.6. The van der Waals surface area contributed by atoms with Crippen molar-refractivity contribution < 1.29 is 27.4 Å². The summed E-state index contributed by atoms with van der Waals surface area (Å²) in [5, 5.41) is 15.9. The van der Waals surface area contributed by atoms with Gasteiger partial charge in [0.2, 0.25) is 21.9 Å². The van der Waals surface area contributed by atoms with Crippen LogP contribution in [-0.4, -0.2) is 126 Å². The number of pyridine rings is 2. The fraction of sp³-hybridized carbons (Fsp3) is 0.529. The first-order chi connectivity index (χ1) is 24.9. The lowest BCUT2D eigenvalue weighted by molar-refractivity contribution is -0.362. The number of nitrogens with zero attached hydrogens (tertiary/aromatic N) is 10. The highest BCUT2D eigenvalue weighted by molar-refractivity contribution is 7.92. The number of likely N-dealkylation sites (N-methyl/N-ethyl adjacent to an activating group) is 1. The topological polar surface area (TPSA) is 179 Å². The van der Waals surface area contributed by atoms with Crippen molar-refractivity contribution in [3.63, 3.8) is 0 Å². The minimum Gasteiger partial charge on any atom is -0.741 e. The number of hydrogen-bond donors (Lipinski definition) is 1. The van der Waals surface area contributed by atoms with Gasteiger partial charge in [0, 0.05) is 38.5 Å². The number of ether oxygens (including phenoxy) is 3. The molecule has 1 N–H and O–H groups in total. The summed E-state index contributed by atoms with van der Waals surface area (Å²) in [7, 11) is 1.80. The second kappa shape index (κ2) is 15.8. The van der Waals surface area contributed by atoms with E-state index in [1.54, 1.807) is 32.4 Å². The molecule has 2 aliphatic rings. The van der Waals surface area contributed by atoms with Gasteiger partial charge in [0.1, 0.15) is 30.4 Å². The van der Waals surface area contributed by atoms with Gasteiger partial charge in [-0.15, -0.1) is 0 Å². The molecule has 1 aliphatic heterocycles. The molecule has 280 valence electrons. The monoisotopic (exact) mass is 737 g/mol. The summed E-state index contributed by atoms with van der Waals surface area (Å²) in [4.78, 5) is 26.9. The van der Waals surface area contributed by atoms with Gasteiger partial charge in [0.25, 0.3) is 0 Å². The summed E-state index contributed by atoms with van der Waals surface area (Å²) >= 11 is 0. The maximum absolute atomic E-state index is 13.3. The molecule has 1 saturated carbocycles. The van der Waals surface area contributed by atoms with Crippen molar-refractivity contribution in [1.82, 2.24) is 34.4 Å². The number of sulfonamides is 1. The number of nitrogens with one attached hydrogen (secondary N) is 1. The summed E-state index contributed by atoms with van der Waals surface area (Å²) in [6.45, 7) is 9.00. The van der Waals surface area contributed by atoms with Crippen LogP contribution in [0.2, 0.25) is 0 Å². The Morgan fingerprint density at radius 1 is 1.08 bits per heavy atom. The Labute approximate surface area is 303 Å². The molecule has 0 amide bonds. The molecule has 5 heterocycles. The third kappa shape index (κ3) is 8.62. The van der Waals surface area contributed by atoms with E-state index in [0.29, 0.717) is 77.5 Å². The van der Waals surface area contributed by atoms with Crippen molar-refractivity contribution in [2.75, 3.05) is 74.3 Å². The van der Waals surface area contributed by atoms with Crippen LogP contribution in [0.1, 0.15) is 44.3 Å². The smallest absolute Gasteiger partial charge is 0.398 e. The maximum atomic E-state index is 13.3. The van der Waals surface area contributed by atoms with Gasteiger partial charge in [-0.2, -0.15) is 4.98 Å². The molecule has 1 unspecified atom stereocenters. The Morgan fingerprint density at radius 2 is 1.79 bits per heavy atom. The molecule has 18 heteroatoms. The Morgan fingerprint density at radius 3 is 2.42 bits per heavy atom. The minimum absolute atomic E-state index is 0.0542. The van der Waals surface area contributed by atoms with Gasteiger partial charge in [0.05, 0.1) is 67.7 Å². The number of hydrogen-bond acceptors (Lipinski definition) is 14. The number of fused-ring (bicyclic) bond motifs is 1. The zero-order valence-electron chi connectivity index (χ0n) is 30.3. The Balaban J connectivity index is 1.23. The molecule has 2 fully saturated rings. The lowest BCUT2D eigenvalue weighted by Crippen LogP contribution is -2.37. The first-order valence-electron chi connectivity index (χ1n) is 17.3. The standard InChI is InChI=1S/C34H47N11O6S/c1-23(30-22-38-34(42(30)4)43(5)46)45(52(6,47)48)25-17-28-29(35-19-25)18-31(44-12-14-49-15-13-44)40-32(28)51-26-9-7-24(8-10-26)39-33-36-20-27(21-37-33)50-16-11-41(2)3/h17-24,26H,5,7-16H2,1-4,6H3,(H,36,37,39)/t23?,24-,26+. The summed E-state index contributed by atoms with van der Waals surface area (Å²) < 4.78 is 47.8. The van der Waals surface area contributed by atoms with E-state index in [4.69, 9.17) is 24.2 Å². The minimum atomic E-state index is -3.83. The average molecular weight is 738 g/mol. The molecule has 4 aromatic rings. The van der Waals surface area contributed by atoms with E-state index >= 15 is 0 Å². The quantitative estimate of drug-likeness (QED) is 0.0864. The SMILES string of the molecule is C=[N+]([O-])c1ncc(C(C)N(c2cnc3cc(N4CCOCC4)nc(O[C@H]4CC[C@@H](Nc5ncc(OCCN(C)C)cn5)CC4)c3c2)S(C)(=O)=O)n1C. The van der Waals surface area contributed by atoms with Gasteiger partial charge >= 0.3 is 5.95 Å². The first-order valence-corrected chi connectivity index (χ1v) is 19.2. The summed E-state index contributed by atoms with van der Waals surface area (Å²) in [6, 6.07) is 3.09. The van der Waals surface area contributed by atoms with Crippen molar-refractivity contribution in [2.24, 2.45) is 7.05 Å². The summed E-state index contributed by atoms with van der Waals surface area (Å²) in [5.74, 6) is 2.35. The van der Waals surface area contributed by atoms with Crippen molar-refractivity contribution in [1.29, 1.82) is 0 Å². The maximum Gasteiger partial charge on any atom is 0.398 e.